The first-order chi connectivity index (χ1) is 18.0. The Kier molecular flexibility index (Phi) is 7.94. The first kappa shape index (κ1) is 27.4. The van der Waals surface area contributed by atoms with Gasteiger partial charge in [-0.1, -0.05) is 30.7 Å². The Balaban J connectivity index is 1.75. The van der Waals surface area contributed by atoms with Crippen LogP contribution >= 0.6 is 11.6 Å². The number of carbonyl (C=O) groups excluding carboxylic acids is 1. The first-order valence-corrected chi connectivity index (χ1v) is 12.3. The van der Waals surface area contributed by atoms with E-state index in [0.29, 0.717) is 22.4 Å². The Morgan fingerprint density at radius 3 is 2.45 bits per heavy atom. The molecule has 0 saturated heterocycles. The van der Waals surface area contributed by atoms with Crippen molar-refractivity contribution >= 4 is 28.4 Å². The van der Waals surface area contributed by atoms with Gasteiger partial charge in [0.2, 0.25) is 5.89 Å². The fraction of sp³-hybridized carbons (Fsp3) is 0.296. The standard InChI is InChI=1S/C27H26ClF3N4O3/c1-4-14(2)37-20-11-9-19(18-10-12-21(27(29,30)31)34-22(18)20)26-35-23(24(38-26)15(3)32)25(36)33-13-16-5-7-17(28)8-6-16/h5-12,14-15H,4,13,32H2,1-3H3,(H,33,36). The number of amides is 1. The summed E-state index contributed by atoms with van der Waals surface area (Å²) >= 11 is 5.91. The molecule has 2 atom stereocenters. The van der Waals surface area contributed by atoms with E-state index in [0.717, 1.165) is 11.6 Å². The number of oxazole rings is 1. The SMILES string of the molecule is CCC(C)Oc1ccc(-c2nc(C(=O)NCc3ccc(Cl)cc3)c(C(C)N)o2)c2ccc(C(F)(F)F)nc12. The van der Waals surface area contributed by atoms with Crippen molar-refractivity contribution in [1.82, 2.24) is 15.3 Å². The van der Waals surface area contributed by atoms with Crippen molar-refractivity contribution in [1.29, 1.82) is 0 Å². The Labute approximate surface area is 222 Å². The Morgan fingerprint density at radius 1 is 1.11 bits per heavy atom. The second-order valence-electron chi connectivity index (χ2n) is 8.87. The molecule has 0 aliphatic carbocycles. The molecule has 0 fully saturated rings. The predicted octanol–water partition coefficient (Wildman–Crippen LogP) is 6.69. The molecule has 2 unspecified atom stereocenters. The van der Waals surface area contributed by atoms with Crippen molar-refractivity contribution in [2.75, 3.05) is 0 Å². The number of nitrogens with two attached hydrogens (primary N) is 1. The molecule has 3 N–H and O–H groups in total. The van der Waals surface area contributed by atoms with Gasteiger partial charge in [-0.3, -0.25) is 4.79 Å². The molecule has 4 rings (SSSR count). The van der Waals surface area contributed by atoms with Crippen molar-refractivity contribution < 1.29 is 27.1 Å². The molecule has 2 aromatic heterocycles. The molecule has 2 aromatic carbocycles. The number of nitrogens with one attached hydrogen (secondary N) is 1. The summed E-state index contributed by atoms with van der Waals surface area (Å²) in [6, 6.07) is 11.6. The van der Waals surface area contributed by atoms with Crippen molar-refractivity contribution in [3.8, 4) is 17.2 Å². The van der Waals surface area contributed by atoms with Gasteiger partial charge in [0.25, 0.3) is 5.91 Å². The topological polar surface area (TPSA) is 103 Å². The summed E-state index contributed by atoms with van der Waals surface area (Å²) in [7, 11) is 0. The number of rotatable bonds is 8. The summed E-state index contributed by atoms with van der Waals surface area (Å²) in [5.41, 5.74) is 6.16. The molecule has 7 nitrogen and oxygen atoms in total. The van der Waals surface area contributed by atoms with E-state index in [-0.39, 0.29) is 41.3 Å². The number of nitrogens with zero attached hydrogens (tertiary/aromatic N) is 2. The summed E-state index contributed by atoms with van der Waals surface area (Å²) in [6.45, 7) is 5.56. The number of hydrogen-bond donors (Lipinski definition) is 2. The van der Waals surface area contributed by atoms with Gasteiger partial charge in [-0.2, -0.15) is 13.2 Å². The molecular formula is C27H26ClF3N4O3. The largest absolute Gasteiger partial charge is 0.488 e. The fourth-order valence-corrected chi connectivity index (χ4v) is 3.84. The van der Waals surface area contributed by atoms with Crippen molar-refractivity contribution in [2.24, 2.45) is 5.73 Å². The highest BCUT2D eigenvalue weighted by Gasteiger charge is 2.33. The Bertz CT molecular complexity index is 1450. The van der Waals surface area contributed by atoms with E-state index < -0.39 is 23.8 Å². The molecule has 2 heterocycles. The van der Waals surface area contributed by atoms with Crippen LogP contribution in [0.15, 0.2) is 52.9 Å². The van der Waals surface area contributed by atoms with Crippen LogP contribution in [0.1, 0.15) is 60.7 Å². The third kappa shape index (κ3) is 5.92. The van der Waals surface area contributed by atoms with Gasteiger partial charge in [0, 0.05) is 22.5 Å². The lowest BCUT2D eigenvalue weighted by atomic mass is 10.1. The molecular weight excluding hydrogens is 521 g/mol. The predicted molar refractivity (Wildman–Crippen MR) is 138 cm³/mol. The summed E-state index contributed by atoms with van der Waals surface area (Å²) < 4.78 is 52.1. The van der Waals surface area contributed by atoms with E-state index in [1.807, 2.05) is 13.8 Å². The number of halogens is 4. The van der Waals surface area contributed by atoms with Crippen molar-refractivity contribution in [3.05, 3.63) is 76.3 Å². The van der Waals surface area contributed by atoms with Crippen LogP contribution < -0.4 is 15.8 Å². The van der Waals surface area contributed by atoms with Crippen LogP contribution in [-0.2, 0) is 12.7 Å². The molecule has 0 radical (unpaired) electrons. The van der Waals surface area contributed by atoms with Crippen LogP contribution in [0.2, 0.25) is 5.02 Å². The highest BCUT2D eigenvalue weighted by molar-refractivity contribution is 6.30. The van der Waals surface area contributed by atoms with E-state index in [9.17, 15) is 18.0 Å². The monoisotopic (exact) mass is 546 g/mol. The van der Waals surface area contributed by atoms with Crippen LogP contribution in [0.4, 0.5) is 13.2 Å². The molecule has 0 aliphatic heterocycles. The molecule has 4 aromatic rings. The van der Waals surface area contributed by atoms with Gasteiger partial charge < -0.3 is 20.2 Å². The van der Waals surface area contributed by atoms with Crippen LogP contribution in [0.25, 0.3) is 22.4 Å². The molecule has 0 aliphatic rings. The highest BCUT2D eigenvalue weighted by atomic mass is 35.5. The number of hydrogen-bond acceptors (Lipinski definition) is 6. The minimum Gasteiger partial charge on any atom is -0.488 e. The fourth-order valence-electron chi connectivity index (χ4n) is 3.72. The van der Waals surface area contributed by atoms with E-state index >= 15 is 0 Å². The average molecular weight is 547 g/mol. The van der Waals surface area contributed by atoms with E-state index in [4.69, 9.17) is 26.5 Å². The summed E-state index contributed by atoms with van der Waals surface area (Å²) in [5.74, 6) is -0.151. The lowest BCUT2D eigenvalue weighted by molar-refractivity contribution is -0.140. The number of alkyl halides is 3. The van der Waals surface area contributed by atoms with Crippen molar-refractivity contribution in [3.63, 3.8) is 0 Å². The normalized spacial score (nSPS) is 13.4. The maximum Gasteiger partial charge on any atom is 0.433 e. The maximum absolute atomic E-state index is 13.4. The maximum atomic E-state index is 13.4. The van der Waals surface area contributed by atoms with Crippen molar-refractivity contribution in [2.45, 2.75) is 52.1 Å². The number of pyridine rings is 1. The van der Waals surface area contributed by atoms with E-state index in [2.05, 4.69) is 15.3 Å². The minimum absolute atomic E-state index is 0.00640. The van der Waals surface area contributed by atoms with Gasteiger partial charge in [0.15, 0.2) is 11.5 Å². The molecule has 11 heteroatoms. The van der Waals surface area contributed by atoms with E-state index in [1.54, 1.807) is 37.3 Å². The van der Waals surface area contributed by atoms with Gasteiger partial charge in [0.05, 0.1) is 12.1 Å². The summed E-state index contributed by atoms with van der Waals surface area (Å²) in [4.78, 5) is 21.3. The van der Waals surface area contributed by atoms with Crippen LogP contribution in [-0.4, -0.2) is 22.0 Å². The zero-order valence-corrected chi connectivity index (χ0v) is 21.7. The number of carbonyl (C=O) groups is 1. The smallest absolute Gasteiger partial charge is 0.433 e. The molecule has 1 amide bonds. The molecule has 0 saturated carbocycles. The lowest BCUT2D eigenvalue weighted by Crippen LogP contribution is -2.25. The second kappa shape index (κ2) is 11.0. The number of benzene rings is 2. The second-order valence-corrected chi connectivity index (χ2v) is 9.30. The van der Waals surface area contributed by atoms with Gasteiger partial charge in [-0.05, 0) is 62.2 Å². The number of ether oxygens (including phenoxy) is 1. The summed E-state index contributed by atoms with van der Waals surface area (Å²) in [5, 5.41) is 3.67. The zero-order chi connectivity index (χ0) is 27.6. The van der Waals surface area contributed by atoms with Crippen LogP contribution in [0, 0.1) is 0 Å². The molecule has 200 valence electrons. The van der Waals surface area contributed by atoms with Gasteiger partial charge in [-0.25, -0.2) is 9.97 Å². The van der Waals surface area contributed by atoms with Gasteiger partial charge in [0.1, 0.15) is 17.0 Å². The van der Waals surface area contributed by atoms with Crippen LogP contribution in [0.3, 0.4) is 0 Å². The lowest BCUT2D eigenvalue weighted by Gasteiger charge is -2.16. The Morgan fingerprint density at radius 2 is 1.82 bits per heavy atom. The van der Waals surface area contributed by atoms with Gasteiger partial charge >= 0.3 is 6.18 Å². The number of fused-ring (bicyclic) bond motifs is 1. The molecule has 0 spiro atoms. The Hall–Kier alpha value is -3.63. The quantitative estimate of drug-likeness (QED) is 0.255. The third-order valence-corrected chi connectivity index (χ3v) is 6.14. The van der Waals surface area contributed by atoms with Crippen LogP contribution in [0.5, 0.6) is 5.75 Å². The molecule has 0 bridgehead atoms. The van der Waals surface area contributed by atoms with E-state index in [1.165, 1.54) is 12.1 Å². The first-order valence-electron chi connectivity index (χ1n) is 11.9. The zero-order valence-electron chi connectivity index (χ0n) is 20.9. The highest BCUT2D eigenvalue weighted by Crippen LogP contribution is 2.38. The third-order valence-electron chi connectivity index (χ3n) is 5.89. The molecule has 38 heavy (non-hydrogen) atoms. The average Bonchev–Trinajstić information content (AvgIpc) is 3.33. The minimum atomic E-state index is -4.64. The number of aromatic nitrogens is 2. The summed E-state index contributed by atoms with van der Waals surface area (Å²) in [6.07, 6.45) is -4.24. The van der Waals surface area contributed by atoms with Gasteiger partial charge in [-0.15, -0.1) is 0 Å².